The molecule has 2 aromatic carbocycles. The zero-order chi connectivity index (χ0) is 20.8. The molecule has 1 heterocycles. The van der Waals surface area contributed by atoms with Gasteiger partial charge < -0.3 is 19.9 Å². The van der Waals surface area contributed by atoms with Crippen LogP contribution in [0.25, 0.3) is 0 Å². The molecule has 3 rings (SSSR count). The number of rotatable bonds is 7. The van der Waals surface area contributed by atoms with E-state index in [0.29, 0.717) is 6.61 Å². The summed E-state index contributed by atoms with van der Waals surface area (Å²) in [4.78, 5) is 14.9. The molecule has 29 heavy (non-hydrogen) atoms. The highest BCUT2D eigenvalue weighted by Gasteiger charge is 2.31. The van der Waals surface area contributed by atoms with Crippen LogP contribution in [-0.4, -0.2) is 51.3 Å². The molecule has 156 valence electrons. The number of carbonyl (C=O) groups is 1. The third kappa shape index (κ3) is 5.48. The van der Waals surface area contributed by atoms with Gasteiger partial charge in [0.2, 0.25) is 0 Å². The van der Waals surface area contributed by atoms with Crippen molar-refractivity contribution in [1.82, 2.24) is 0 Å². The predicted molar refractivity (Wildman–Crippen MR) is 103 cm³/mol. The molecule has 0 aromatic heterocycles. The van der Waals surface area contributed by atoms with E-state index in [1.807, 2.05) is 30.3 Å². The Morgan fingerprint density at radius 1 is 1.03 bits per heavy atom. The summed E-state index contributed by atoms with van der Waals surface area (Å²) in [6.45, 7) is 6.62. The second-order valence-corrected chi connectivity index (χ2v) is 7.25. The largest absolute Gasteiger partial charge is 0.488 e. The maximum atomic E-state index is 13.8. The fraction of sp³-hybridized carbons (Fsp3) is 0.381. The minimum atomic E-state index is -1.59. The van der Waals surface area contributed by atoms with Gasteiger partial charge in [0.25, 0.3) is 5.91 Å². The molecule has 1 amide bonds. The van der Waals surface area contributed by atoms with E-state index in [0.717, 1.165) is 55.5 Å². The number of hydrogen-bond acceptors (Lipinski definition) is 2. The van der Waals surface area contributed by atoms with Crippen molar-refractivity contribution in [1.29, 1.82) is 0 Å². The number of benzene rings is 2. The van der Waals surface area contributed by atoms with Crippen LogP contribution in [0, 0.1) is 17.5 Å². The average molecular weight is 409 g/mol. The number of nitrogens with one attached hydrogen (secondary N) is 3. The molecule has 0 unspecified atom stereocenters. The van der Waals surface area contributed by atoms with Crippen LogP contribution in [0.1, 0.15) is 6.92 Å². The van der Waals surface area contributed by atoms with Crippen molar-refractivity contribution in [2.45, 2.75) is 13.0 Å². The molecule has 0 radical (unpaired) electrons. The number of piperazine rings is 1. The van der Waals surface area contributed by atoms with E-state index in [2.05, 4.69) is 5.32 Å². The van der Waals surface area contributed by atoms with Crippen LogP contribution in [0.5, 0.6) is 5.75 Å². The molecule has 1 fully saturated rings. The second-order valence-electron chi connectivity index (χ2n) is 7.25. The Kier molecular flexibility index (Phi) is 7.11. The van der Waals surface area contributed by atoms with Gasteiger partial charge in [-0.2, -0.15) is 0 Å². The van der Waals surface area contributed by atoms with Crippen molar-refractivity contribution in [2.75, 3.05) is 44.6 Å². The summed E-state index contributed by atoms with van der Waals surface area (Å²) in [5.74, 6) is -3.81. The van der Waals surface area contributed by atoms with Crippen molar-refractivity contribution in [2.24, 2.45) is 0 Å². The quantitative estimate of drug-likeness (QED) is 0.576. The molecule has 1 aliphatic heterocycles. The fourth-order valence-corrected chi connectivity index (χ4v) is 3.49. The van der Waals surface area contributed by atoms with Crippen molar-refractivity contribution in [3.05, 3.63) is 59.9 Å². The number of amides is 1. The Balaban J connectivity index is 1.44. The average Bonchev–Trinajstić information content (AvgIpc) is 2.75. The van der Waals surface area contributed by atoms with Crippen molar-refractivity contribution >= 4 is 11.6 Å². The first kappa shape index (κ1) is 21.1. The van der Waals surface area contributed by atoms with Gasteiger partial charge >= 0.3 is 0 Å². The Hall–Kier alpha value is -2.58. The van der Waals surface area contributed by atoms with Crippen LogP contribution in [0.4, 0.5) is 18.9 Å². The molecule has 0 bridgehead atoms. The number of halogens is 3. The molecule has 1 aliphatic rings. The molecule has 3 N–H and O–H groups in total. The Morgan fingerprint density at radius 3 is 2.41 bits per heavy atom. The van der Waals surface area contributed by atoms with Crippen LogP contribution in [-0.2, 0) is 4.79 Å². The summed E-state index contributed by atoms with van der Waals surface area (Å²) in [6.07, 6.45) is 0. The van der Waals surface area contributed by atoms with E-state index in [9.17, 15) is 18.0 Å². The lowest BCUT2D eigenvalue weighted by atomic mass is 10.2. The van der Waals surface area contributed by atoms with E-state index >= 15 is 0 Å². The molecular weight excluding hydrogens is 383 g/mol. The third-order valence-corrected chi connectivity index (χ3v) is 5.37. The van der Waals surface area contributed by atoms with Gasteiger partial charge in [-0.25, -0.2) is 13.2 Å². The van der Waals surface area contributed by atoms with E-state index in [-0.39, 0.29) is 5.69 Å². The van der Waals surface area contributed by atoms with Crippen molar-refractivity contribution in [3.8, 4) is 5.75 Å². The lowest BCUT2D eigenvalue weighted by molar-refractivity contribution is -1.02. The van der Waals surface area contributed by atoms with E-state index in [1.54, 1.807) is 6.92 Å². The predicted octanol–water partition coefficient (Wildman–Crippen LogP) is 0.293. The summed E-state index contributed by atoms with van der Waals surface area (Å²) >= 11 is 0. The molecule has 0 spiro atoms. The summed E-state index contributed by atoms with van der Waals surface area (Å²) in [5, 5.41) is 2.37. The minimum Gasteiger partial charge on any atom is -0.488 e. The van der Waals surface area contributed by atoms with Crippen LogP contribution in [0.3, 0.4) is 0 Å². The zero-order valence-electron chi connectivity index (χ0n) is 16.3. The Labute approximate surface area is 168 Å². The summed E-state index contributed by atoms with van der Waals surface area (Å²) in [7, 11) is 0. The number of anilines is 1. The molecule has 8 heteroatoms. The highest BCUT2D eigenvalue weighted by molar-refractivity contribution is 5.93. The number of ether oxygens (including phenoxy) is 1. The highest BCUT2D eigenvalue weighted by Crippen LogP contribution is 2.19. The van der Waals surface area contributed by atoms with Gasteiger partial charge in [-0.1, -0.05) is 18.2 Å². The van der Waals surface area contributed by atoms with Gasteiger partial charge in [0.05, 0.1) is 5.69 Å². The Morgan fingerprint density at radius 2 is 1.72 bits per heavy atom. The minimum absolute atomic E-state index is 0.345. The van der Waals surface area contributed by atoms with Gasteiger partial charge in [0, 0.05) is 0 Å². The molecular formula is C21H26F3N3O2+2. The van der Waals surface area contributed by atoms with Gasteiger partial charge in [0.1, 0.15) is 45.1 Å². The molecule has 0 aliphatic carbocycles. The number of quaternary nitrogens is 2. The third-order valence-electron chi connectivity index (χ3n) is 5.37. The molecule has 1 atom stereocenters. The van der Waals surface area contributed by atoms with Crippen LogP contribution in [0.15, 0.2) is 42.5 Å². The standard InChI is InChI=1S/C21H24F3N3O2/c1-15(21(28)25-18-8-7-17(22)19(23)20(18)24)27-11-9-26(10-12-27)13-14-29-16-5-3-2-4-6-16/h2-8,15H,9-14H2,1H3,(H,25,28)/p+2/t15-/m0/s1. The highest BCUT2D eigenvalue weighted by atomic mass is 19.2. The molecule has 1 saturated heterocycles. The van der Waals surface area contributed by atoms with Crippen LogP contribution in [0.2, 0.25) is 0 Å². The van der Waals surface area contributed by atoms with Gasteiger partial charge in [-0.15, -0.1) is 0 Å². The zero-order valence-corrected chi connectivity index (χ0v) is 16.3. The lowest BCUT2D eigenvalue weighted by Crippen LogP contribution is -3.30. The summed E-state index contributed by atoms with van der Waals surface area (Å²) in [6, 6.07) is 11.1. The van der Waals surface area contributed by atoms with Gasteiger partial charge in [-0.3, -0.25) is 4.79 Å². The monoisotopic (exact) mass is 409 g/mol. The maximum Gasteiger partial charge on any atom is 0.282 e. The number of hydrogen-bond donors (Lipinski definition) is 3. The molecule has 0 saturated carbocycles. The molecule has 2 aromatic rings. The smallest absolute Gasteiger partial charge is 0.282 e. The topological polar surface area (TPSA) is 47.2 Å². The van der Waals surface area contributed by atoms with Crippen LogP contribution >= 0.6 is 0 Å². The van der Waals surface area contributed by atoms with Gasteiger partial charge in [-0.05, 0) is 31.2 Å². The van der Waals surface area contributed by atoms with E-state index in [4.69, 9.17) is 4.74 Å². The van der Waals surface area contributed by atoms with Crippen molar-refractivity contribution < 1.29 is 32.5 Å². The maximum absolute atomic E-state index is 13.8. The number of carbonyl (C=O) groups excluding carboxylic acids is 1. The lowest BCUT2D eigenvalue weighted by Gasteiger charge is -2.32. The summed E-state index contributed by atoms with van der Waals surface area (Å²) < 4.78 is 45.9. The first-order chi connectivity index (χ1) is 14.0. The van der Waals surface area contributed by atoms with Gasteiger partial charge in [0.15, 0.2) is 23.5 Å². The van der Waals surface area contributed by atoms with E-state index in [1.165, 1.54) is 4.90 Å². The fourth-order valence-electron chi connectivity index (χ4n) is 3.49. The number of para-hydroxylation sites is 1. The van der Waals surface area contributed by atoms with Crippen molar-refractivity contribution in [3.63, 3.8) is 0 Å². The summed E-state index contributed by atoms with van der Waals surface area (Å²) in [5.41, 5.74) is -0.345. The van der Waals surface area contributed by atoms with E-state index < -0.39 is 29.4 Å². The van der Waals surface area contributed by atoms with Crippen LogP contribution < -0.4 is 19.9 Å². The second kappa shape index (κ2) is 9.76. The Bertz CT molecular complexity index is 827. The first-order valence-electron chi connectivity index (χ1n) is 9.76. The normalized spacial score (nSPS) is 20.1. The molecule has 5 nitrogen and oxygen atoms in total. The first-order valence-corrected chi connectivity index (χ1v) is 9.76. The SMILES string of the molecule is C[C@@H](C(=O)Nc1ccc(F)c(F)c1F)[NH+]1CC[NH+](CCOc2ccccc2)CC1.